The van der Waals surface area contributed by atoms with Crippen LogP contribution in [0.1, 0.15) is 31.0 Å². The van der Waals surface area contributed by atoms with E-state index in [1.165, 1.54) is 0 Å². The third-order valence-corrected chi connectivity index (χ3v) is 4.07. The molecular weight excluding hydrogens is 318 g/mol. The number of Topliss-reactive ketones (excluding diaryl/α,β-unsaturated/α-hetero) is 1. The second-order valence-electron chi connectivity index (χ2n) is 6.22. The maximum absolute atomic E-state index is 12.4. The molecular formula is C20H21NO4. The summed E-state index contributed by atoms with van der Waals surface area (Å²) < 4.78 is 11.4. The molecule has 0 fully saturated rings. The van der Waals surface area contributed by atoms with Crippen molar-refractivity contribution >= 4 is 11.7 Å². The summed E-state index contributed by atoms with van der Waals surface area (Å²) in [5.74, 6) is 0.962. The Hall–Kier alpha value is -2.82. The van der Waals surface area contributed by atoms with Gasteiger partial charge in [-0.25, -0.2) is 0 Å². The number of ketones is 1. The van der Waals surface area contributed by atoms with Gasteiger partial charge in [-0.05, 0) is 37.1 Å². The quantitative estimate of drug-likeness (QED) is 0.910. The highest BCUT2D eigenvalue weighted by Crippen LogP contribution is 2.33. The van der Waals surface area contributed by atoms with Gasteiger partial charge in [0.2, 0.25) is 6.10 Å². The van der Waals surface area contributed by atoms with E-state index in [2.05, 4.69) is 5.32 Å². The van der Waals surface area contributed by atoms with Gasteiger partial charge >= 0.3 is 0 Å². The van der Waals surface area contributed by atoms with E-state index in [1.807, 2.05) is 43.3 Å². The summed E-state index contributed by atoms with van der Waals surface area (Å²) in [6.45, 7) is 3.62. The number of hydrogen-bond donors (Lipinski definition) is 1. The van der Waals surface area contributed by atoms with E-state index >= 15 is 0 Å². The van der Waals surface area contributed by atoms with E-state index in [0.29, 0.717) is 17.9 Å². The number of fused-ring (bicyclic) bond motifs is 1. The molecule has 2 aromatic carbocycles. The highest BCUT2D eigenvalue weighted by Gasteiger charge is 2.28. The van der Waals surface area contributed by atoms with Crippen LogP contribution in [0.5, 0.6) is 11.5 Å². The van der Waals surface area contributed by atoms with Gasteiger partial charge in [-0.3, -0.25) is 9.59 Å². The van der Waals surface area contributed by atoms with Gasteiger partial charge in [-0.1, -0.05) is 36.4 Å². The van der Waals surface area contributed by atoms with E-state index in [4.69, 9.17) is 9.47 Å². The molecule has 0 radical (unpaired) electrons. The Morgan fingerprint density at radius 3 is 2.64 bits per heavy atom. The van der Waals surface area contributed by atoms with Gasteiger partial charge < -0.3 is 14.8 Å². The maximum atomic E-state index is 12.4. The van der Waals surface area contributed by atoms with Crippen LogP contribution in [-0.2, 0) is 16.0 Å². The predicted molar refractivity (Wildman–Crippen MR) is 93.7 cm³/mol. The number of benzene rings is 2. The summed E-state index contributed by atoms with van der Waals surface area (Å²) >= 11 is 0. The van der Waals surface area contributed by atoms with Crippen molar-refractivity contribution in [2.75, 3.05) is 6.61 Å². The molecule has 25 heavy (non-hydrogen) atoms. The van der Waals surface area contributed by atoms with E-state index in [9.17, 15) is 9.59 Å². The van der Waals surface area contributed by atoms with Crippen LogP contribution in [-0.4, -0.2) is 24.4 Å². The van der Waals surface area contributed by atoms with Crippen LogP contribution in [0.4, 0.5) is 0 Å². The van der Waals surface area contributed by atoms with E-state index < -0.39 is 6.10 Å². The van der Waals surface area contributed by atoms with Gasteiger partial charge in [0.15, 0.2) is 11.5 Å². The number of nitrogens with one attached hydrogen (secondary N) is 1. The zero-order chi connectivity index (χ0) is 17.8. The standard InChI is InChI=1S/C20H21NO4/c1-13(22)10-15-8-9-17-18(11-15)24-12-19(25-17)20(23)21-14(2)16-6-4-3-5-7-16/h3-9,11,14,19H,10,12H2,1-2H3,(H,21,23)/t14-,19+/m0/s1. The molecule has 1 aliphatic heterocycles. The number of amides is 1. The highest BCUT2D eigenvalue weighted by atomic mass is 16.6. The molecule has 1 heterocycles. The number of rotatable bonds is 5. The lowest BCUT2D eigenvalue weighted by Gasteiger charge is -2.27. The van der Waals surface area contributed by atoms with Gasteiger partial charge in [0.1, 0.15) is 12.4 Å². The van der Waals surface area contributed by atoms with Crippen LogP contribution in [0, 0.1) is 0 Å². The average molecular weight is 339 g/mol. The first-order valence-electron chi connectivity index (χ1n) is 8.30. The van der Waals surface area contributed by atoms with Crippen molar-refractivity contribution in [2.45, 2.75) is 32.4 Å². The van der Waals surface area contributed by atoms with Crippen molar-refractivity contribution in [1.29, 1.82) is 0 Å². The summed E-state index contributed by atoms with van der Waals surface area (Å²) in [5.41, 5.74) is 1.90. The molecule has 0 unspecified atom stereocenters. The molecule has 0 aliphatic carbocycles. The van der Waals surface area contributed by atoms with E-state index in [0.717, 1.165) is 11.1 Å². The SMILES string of the molecule is CC(=O)Cc1ccc2c(c1)OC[C@H](C(=O)N[C@@H](C)c1ccccc1)O2. The van der Waals surface area contributed by atoms with Crippen molar-refractivity contribution in [1.82, 2.24) is 5.32 Å². The van der Waals surface area contributed by atoms with Crippen LogP contribution in [0.25, 0.3) is 0 Å². The Bertz CT molecular complexity index is 773. The van der Waals surface area contributed by atoms with Crippen LogP contribution in [0.15, 0.2) is 48.5 Å². The average Bonchev–Trinajstić information content (AvgIpc) is 2.61. The fraction of sp³-hybridized carbons (Fsp3) is 0.300. The lowest BCUT2D eigenvalue weighted by molar-refractivity contribution is -0.131. The Kier molecular flexibility index (Phi) is 5.03. The molecule has 130 valence electrons. The fourth-order valence-electron chi connectivity index (χ4n) is 2.77. The first-order chi connectivity index (χ1) is 12.0. The Morgan fingerprint density at radius 1 is 1.16 bits per heavy atom. The molecule has 2 atom stereocenters. The fourth-order valence-corrected chi connectivity index (χ4v) is 2.77. The third-order valence-electron chi connectivity index (χ3n) is 4.07. The molecule has 0 aromatic heterocycles. The zero-order valence-corrected chi connectivity index (χ0v) is 14.3. The lowest BCUT2D eigenvalue weighted by Crippen LogP contribution is -2.44. The number of hydrogen-bond acceptors (Lipinski definition) is 4. The number of carbonyl (C=O) groups is 2. The minimum Gasteiger partial charge on any atom is -0.485 e. The van der Waals surface area contributed by atoms with Crippen molar-refractivity contribution in [3.05, 3.63) is 59.7 Å². The monoisotopic (exact) mass is 339 g/mol. The second kappa shape index (κ2) is 7.38. The molecule has 1 aliphatic rings. The summed E-state index contributed by atoms with van der Waals surface area (Å²) in [5, 5.41) is 2.95. The minimum absolute atomic E-state index is 0.0869. The largest absolute Gasteiger partial charge is 0.485 e. The highest BCUT2D eigenvalue weighted by molar-refractivity contribution is 5.82. The lowest BCUT2D eigenvalue weighted by atomic mass is 10.1. The van der Waals surface area contributed by atoms with E-state index in [-0.39, 0.29) is 24.3 Å². The van der Waals surface area contributed by atoms with Crippen LogP contribution in [0.3, 0.4) is 0 Å². The maximum Gasteiger partial charge on any atom is 0.265 e. The van der Waals surface area contributed by atoms with Crippen LogP contribution < -0.4 is 14.8 Å². The predicted octanol–water partition coefficient (Wildman–Crippen LogP) is 2.84. The molecule has 3 rings (SSSR count). The van der Waals surface area contributed by atoms with Gasteiger partial charge in [0.05, 0.1) is 6.04 Å². The number of carbonyl (C=O) groups excluding carboxylic acids is 2. The van der Waals surface area contributed by atoms with Crippen molar-refractivity contribution < 1.29 is 19.1 Å². The summed E-state index contributed by atoms with van der Waals surface area (Å²) in [6, 6.07) is 15.0. The molecule has 1 N–H and O–H groups in total. The van der Waals surface area contributed by atoms with Gasteiger partial charge in [0, 0.05) is 6.42 Å². The Labute approximate surface area is 147 Å². The normalized spacial score (nSPS) is 16.8. The first kappa shape index (κ1) is 17.0. The van der Waals surface area contributed by atoms with Crippen molar-refractivity contribution in [3.8, 4) is 11.5 Å². The number of ether oxygens (including phenoxy) is 2. The molecule has 5 nitrogen and oxygen atoms in total. The van der Waals surface area contributed by atoms with Crippen molar-refractivity contribution in [3.63, 3.8) is 0 Å². The Balaban J connectivity index is 1.64. The summed E-state index contributed by atoms with van der Waals surface area (Å²) in [6.07, 6.45) is -0.341. The van der Waals surface area contributed by atoms with Gasteiger partial charge in [0.25, 0.3) is 5.91 Å². The van der Waals surface area contributed by atoms with Crippen LogP contribution in [0.2, 0.25) is 0 Å². The molecule has 2 aromatic rings. The van der Waals surface area contributed by atoms with Crippen molar-refractivity contribution in [2.24, 2.45) is 0 Å². The third kappa shape index (κ3) is 4.18. The molecule has 0 saturated heterocycles. The van der Waals surface area contributed by atoms with Crippen LogP contribution >= 0.6 is 0 Å². The smallest absolute Gasteiger partial charge is 0.265 e. The summed E-state index contributed by atoms with van der Waals surface area (Å²) in [7, 11) is 0. The Morgan fingerprint density at radius 2 is 1.92 bits per heavy atom. The van der Waals surface area contributed by atoms with Gasteiger partial charge in [-0.2, -0.15) is 0 Å². The molecule has 1 amide bonds. The topological polar surface area (TPSA) is 64.6 Å². The molecule has 0 spiro atoms. The minimum atomic E-state index is -0.697. The molecule has 5 heteroatoms. The molecule has 0 bridgehead atoms. The van der Waals surface area contributed by atoms with Gasteiger partial charge in [-0.15, -0.1) is 0 Å². The van der Waals surface area contributed by atoms with E-state index in [1.54, 1.807) is 19.1 Å². The molecule has 0 saturated carbocycles. The second-order valence-corrected chi connectivity index (χ2v) is 6.22. The first-order valence-corrected chi connectivity index (χ1v) is 8.30. The zero-order valence-electron chi connectivity index (χ0n) is 14.3. The summed E-state index contributed by atoms with van der Waals surface area (Å²) in [4.78, 5) is 23.7.